The highest BCUT2D eigenvalue weighted by molar-refractivity contribution is 7.16. The number of carbonyl (C=O) groups is 3. The van der Waals surface area contributed by atoms with Crippen LogP contribution in [0, 0.1) is 5.41 Å². The lowest BCUT2D eigenvalue weighted by Crippen LogP contribution is -2.43. The van der Waals surface area contributed by atoms with E-state index in [1.807, 2.05) is 6.07 Å². The number of hydrogen-bond acceptors (Lipinski definition) is 10. The standard InChI is InChI=1S/C28H29ClN6O5S2/c1-28(2,3)27(39)35-23(31-15-17-4-7-22(29)42-17)14-19(32-35)20-6-5-18(25(37)33-9-11-40-12-10-33)26(38)34(20)16-21(36)24-30-8-13-41-24/h4-8,13-14,31H,9-12,15-16H2,1-3H3. The smallest absolute Gasteiger partial charge is 0.264 e. The number of thiophene rings is 1. The van der Waals surface area contributed by atoms with Gasteiger partial charge in [-0.3, -0.25) is 23.7 Å². The van der Waals surface area contributed by atoms with Crippen molar-refractivity contribution < 1.29 is 19.1 Å². The molecule has 1 aliphatic rings. The van der Waals surface area contributed by atoms with Crippen LogP contribution in [0.4, 0.5) is 5.82 Å². The Morgan fingerprint density at radius 3 is 2.52 bits per heavy atom. The van der Waals surface area contributed by atoms with E-state index in [1.54, 1.807) is 49.3 Å². The number of rotatable bonds is 8. The molecule has 4 aromatic heterocycles. The van der Waals surface area contributed by atoms with Crippen molar-refractivity contribution >= 4 is 57.7 Å². The first-order valence-electron chi connectivity index (χ1n) is 13.2. The van der Waals surface area contributed by atoms with Gasteiger partial charge in [-0.05, 0) is 24.3 Å². The van der Waals surface area contributed by atoms with Gasteiger partial charge in [0, 0.05) is 41.0 Å². The van der Waals surface area contributed by atoms with Crippen LogP contribution in [0.5, 0.6) is 0 Å². The Morgan fingerprint density at radius 2 is 1.88 bits per heavy atom. The molecule has 5 rings (SSSR count). The van der Waals surface area contributed by atoms with Crippen LogP contribution in [0.3, 0.4) is 0 Å². The number of nitrogens with one attached hydrogen (secondary N) is 1. The number of thiazole rings is 1. The number of hydrogen-bond donors (Lipinski definition) is 1. The first kappa shape index (κ1) is 29.8. The van der Waals surface area contributed by atoms with Gasteiger partial charge in [0.2, 0.25) is 5.78 Å². The van der Waals surface area contributed by atoms with E-state index in [2.05, 4.69) is 15.4 Å². The Balaban J connectivity index is 1.58. The molecular weight excluding hydrogens is 600 g/mol. The maximum atomic E-state index is 13.8. The van der Waals surface area contributed by atoms with Gasteiger partial charge in [-0.2, -0.15) is 9.78 Å². The molecule has 0 atom stereocenters. The summed E-state index contributed by atoms with van der Waals surface area (Å²) >= 11 is 8.66. The van der Waals surface area contributed by atoms with Crippen molar-refractivity contribution in [3.8, 4) is 11.4 Å². The zero-order valence-corrected chi connectivity index (χ0v) is 25.6. The van der Waals surface area contributed by atoms with Gasteiger partial charge in [0.05, 0.1) is 36.3 Å². The fourth-order valence-electron chi connectivity index (χ4n) is 4.36. The lowest BCUT2D eigenvalue weighted by Gasteiger charge is -2.27. The summed E-state index contributed by atoms with van der Waals surface area (Å²) < 4.78 is 8.49. The summed E-state index contributed by atoms with van der Waals surface area (Å²) in [5.74, 6) is -0.682. The topological polar surface area (TPSA) is 128 Å². The summed E-state index contributed by atoms with van der Waals surface area (Å²) in [4.78, 5) is 60.3. The maximum Gasteiger partial charge on any atom is 0.264 e. The summed E-state index contributed by atoms with van der Waals surface area (Å²) in [7, 11) is 0. The fraction of sp³-hybridized carbons (Fsp3) is 0.357. The highest BCUT2D eigenvalue weighted by atomic mass is 35.5. The van der Waals surface area contributed by atoms with Crippen LogP contribution >= 0.6 is 34.3 Å². The number of halogens is 1. The van der Waals surface area contributed by atoms with E-state index in [0.717, 1.165) is 16.2 Å². The van der Waals surface area contributed by atoms with Gasteiger partial charge in [-0.25, -0.2) is 4.98 Å². The number of carbonyl (C=O) groups excluding carboxylic acids is 3. The van der Waals surface area contributed by atoms with Crippen LogP contribution in [-0.4, -0.2) is 68.1 Å². The lowest BCUT2D eigenvalue weighted by molar-refractivity contribution is 0.0301. The summed E-state index contributed by atoms with van der Waals surface area (Å²) in [5, 5.41) is 9.75. The minimum atomic E-state index is -0.763. The Bertz CT molecular complexity index is 1680. The van der Waals surface area contributed by atoms with Gasteiger partial charge < -0.3 is 15.0 Å². The molecule has 0 unspecified atom stereocenters. The number of morpholine rings is 1. The van der Waals surface area contributed by atoms with E-state index >= 15 is 0 Å². The molecule has 1 fully saturated rings. The molecule has 14 heteroatoms. The predicted octanol–water partition coefficient (Wildman–Crippen LogP) is 4.54. The predicted molar refractivity (Wildman–Crippen MR) is 162 cm³/mol. The third-order valence-corrected chi connectivity index (χ3v) is 8.60. The van der Waals surface area contributed by atoms with Gasteiger partial charge in [-0.1, -0.05) is 32.4 Å². The van der Waals surface area contributed by atoms with Crippen LogP contribution in [0.2, 0.25) is 4.34 Å². The molecule has 0 bridgehead atoms. The second kappa shape index (κ2) is 12.3. The van der Waals surface area contributed by atoms with Crippen LogP contribution in [0.1, 0.15) is 50.6 Å². The third-order valence-electron chi connectivity index (χ3n) is 6.55. The number of amides is 1. The molecule has 0 aliphatic carbocycles. The molecule has 1 saturated heterocycles. The Morgan fingerprint density at radius 1 is 1.12 bits per heavy atom. The number of ether oxygens (including phenoxy) is 1. The van der Waals surface area contributed by atoms with Gasteiger partial charge in [0.25, 0.3) is 17.4 Å². The molecule has 4 aromatic rings. The molecule has 220 valence electrons. The van der Waals surface area contributed by atoms with E-state index in [4.69, 9.17) is 16.3 Å². The van der Waals surface area contributed by atoms with E-state index < -0.39 is 16.9 Å². The van der Waals surface area contributed by atoms with Crippen molar-refractivity contribution in [1.29, 1.82) is 0 Å². The second-order valence-electron chi connectivity index (χ2n) is 10.6. The fourth-order valence-corrected chi connectivity index (χ4v) is 5.96. The molecule has 1 amide bonds. The van der Waals surface area contributed by atoms with Crippen LogP contribution < -0.4 is 10.9 Å². The highest BCUT2D eigenvalue weighted by Crippen LogP contribution is 2.28. The van der Waals surface area contributed by atoms with E-state index in [1.165, 1.54) is 32.8 Å². The number of Topliss-reactive ketones (excluding diaryl/α,β-unsaturated/α-hetero) is 1. The zero-order chi connectivity index (χ0) is 30.0. The number of anilines is 1. The van der Waals surface area contributed by atoms with Gasteiger partial charge in [0.15, 0.2) is 5.01 Å². The van der Waals surface area contributed by atoms with Crippen molar-refractivity contribution in [2.24, 2.45) is 5.41 Å². The molecular formula is C28H29ClN6O5S2. The molecule has 0 spiro atoms. The SMILES string of the molecule is CC(C)(C)C(=O)n1nc(-c2ccc(C(=O)N3CCOCC3)c(=O)n2CC(=O)c2nccs2)cc1NCc1ccc(Cl)s1. The molecule has 0 aromatic carbocycles. The lowest BCUT2D eigenvalue weighted by atomic mass is 9.96. The first-order chi connectivity index (χ1) is 20.0. The Kier molecular flexibility index (Phi) is 8.73. The van der Waals surface area contributed by atoms with Crippen molar-refractivity contribution in [2.45, 2.75) is 33.9 Å². The van der Waals surface area contributed by atoms with E-state index in [-0.39, 0.29) is 40.2 Å². The van der Waals surface area contributed by atoms with Crippen molar-refractivity contribution in [2.75, 3.05) is 31.6 Å². The third kappa shape index (κ3) is 6.38. The minimum Gasteiger partial charge on any atom is -0.378 e. The minimum absolute atomic E-state index is 0.0642. The molecule has 5 heterocycles. The quantitative estimate of drug-likeness (QED) is 0.282. The monoisotopic (exact) mass is 628 g/mol. The van der Waals surface area contributed by atoms with E-state index in [9.17, 15) is 19.2 Å². The van der Waals surface area contributed by atoms with Crippen LogP contribution in [-0.2, 0) is 17.8 Å². The average Bonchev–Trinajstić information content (AvgIpc) is 3.73. The van der Waals surface area contributed by atoms with Crippen LogP contribution in [0.25, 0.3) is 11.4 Å². The number of pyridine rings is 1. The summed E-state index contributed by atoms with van der Waals surface area (Å²) in [6, 6.07) is 8.37. The van der Waals surface area contributed by atoms with Crippen molar-refractivity contribution in [1.82, 2.24) is 24.2 Å². The van der Waals surface area contributed by atoms with Gasteiger partial charge in [-0.15, -0.1) is 22.7 Å². The first-order valence-corrected chi connectivity index (χ1v) is 15.3. The van der Waals surface area contributed by atoms with E-state index in [0.29, 0.717) is 43.0 Å². The normalized spacial score (nSPS) is 13.8. The molecule has 1 aliphatic heterocycles. The molecule has 42 heavy (non-hydrogen) atoms. The zero-order valence-electron chi connectivity index (χ0n) is 23.3. The Hall–Kier alpha value is -3.65. The molecule has 1 N–H and O–H groups in total. The van der Waals surface area contributed by atoms with Crippen LogP contribution in [0.15, 0.2) is 46.7 Å². The van der Waals surface area contributed by atoms with Crippen molar-refractivity contribution in [3.63, 3.8) is 0 Å². The number of aromatic nitrogens is 4. The largest absolute Gasteiger partial charge is 0.378 e. The molecule has 0 radical (unpaired) electrons. The highest BCUT2D eigenvalue weighted by Gasteiger charge is 2.29. The van der Waals surface area contributed by atoms with Crippen molar-refractivity contribution in [3.05, 3.63) is 72.0 Å². The summed E-state index contributed by atoms with van der Waals surface area (Å²) in [6.07, 6.45) is 1.51. The average molecular weight is 629 g/mol. The number of ketones is 1. The summed E-state index contributed by atoms with van der Waals surface area (Å²) in [5.41, 5.74) is -0.889. The summed E-state index contributed by atoms with van der Waals surface area (Å²) in [6.45, 7) is 6.88. The van der Waals surface area contributed by atoms with Gasteiger partial charge in [0.1, 0.15) is 17.1 Å². The number of nitrogens with zero attached hydrogens (tertiary/aromatic N) is 5. The second-order valence-corrected chi connectivity index (χ2v) is 13.3. The molecule has 0 saturated carbocycles. The molecule has 11 nitrogen and oxygen atoms in total. The maximum absolute atomic E-state index is 13.8. The Labute approximate surface area is 254 Å². The van der Waals surface area contributed by atoms with Gasteiger partial charge >= 0.3 is 0 Å².